The molecule has 6 aromatic rings. The van der Waals surface area contributed by atoms with Gasteiger partial charge in [-0.15, -0.1) is 0 Å². The highest BCUT2D eigenvalue weighted by Gasteiger charge is 2.37. The number of ether oxygens (including phenoxy) is 1. The minimum absolute atomic E-state index is 0.129. The molecule has 3 heterocycles. The summed E-state index contributed by atoms with van der Waals surface area (Å²) in [7, 11) is -0.478. The van der Waals surface area contributed by atoms with Gasteiger partial charge in [-0.3, -0.25) is 0 Å². The number of hydrogen-bond donors (Lipinski definition) is 1. The number of anilines is 3. The predicted molar refractivity (Wildman–Crippen MR) is 192 cm³/mol. The van der Waals surface area contributed by atoms with Gasteiger partial charge in [-0.05, 0) is 96.4 Å². The smallest absolute Gasteiger partial charge is 0.243 e. The number of furan rings is 1. The molecular weight excluding hydrogens is 649 g/mol. The lowest BCUT2D eigenvalue weighted by Gasteiger charge is -2.32. The van der Waals surface area contributed by atoms with E-state index in [1.54, 1.807) is 54.1 Å². The minimum Gasteiger partial charge on any atom is -0.497 e. The molecule has 2 aromatic heterocycles. The molecule has 1 aliphatic heterocycles. The molecule has 1 atom stereocenters. The van der Waals surface area contributed by atoms with Crippen molar-refractivity contribution in [3.05, 3.63) is 144 Å². The second-order valence-electron chi connectivity index (χ2n) is 12.3. The normalized spacial score (nSPS) is 14.8. The second kappa shape index (κ2) is 14.0. The summed E-state index contributed by atoms with van der Waals surface area (Å²) in [6, 6.07) is 35.6. The van der Waals surface area contributed by atoms with E-state index in [9.17, 15) is 13.7 Å². The zero-order chi connectivity index (χ0) is 34.7. The Balaban J connectivity index is 1.30. The lowest BCUT2D eigenvalue weighted by molar-refractivity contribution is 0.317. The van der Waals surface area contributed by atoms with Crippen molar-refractivity contribution in [3.63, 3.8) is 0 Å². The van der Waals surface area contributed by atoms with E-state index in [1.165, 1.54) is 0 Å². The molecule has 0 aliphatic carbocycles. The van der Waals surface area contributed by atoms with E-state index in [0.717, 1.165) is 39.4 Å². The molecule has 252 valence electrons. The van der Waals surface area contributed by atoms with Gasteiger partial charge < -0.3 is 23.9 Å². The summed E-state index contributed by atoms with van der Waals surface area (Å²) in [6.07, 6.45) is 4.09. The Morgan fingerprint density at radius 1 is 0.960 bits per heavy atom. The molecule has 1 N–H and O–H groups in total. The number of hydrogen-bond acceptors (Lipinski definition) is 8. The van der Waals surface area contributed by atoms with Gasteiger partial charge in [0.25, 0.3) is 0 Å². The number of aromatic nitrogens is 2. The fourth-order valence-electron chi connectivity index (χ4n) is 6.37. The van der Waals surface area contributed by atoms with Crippen LogP contribution in [0.5, 0.6) is 5.75 Å². The minimum atomic E-state index is -3.99. The zero-order valence-electron chi connectivity index (χ0n) is 27.7. The summed E-state index contributed by atoms with van der Waals surface area (Å²) < 4.78 is 44.0. The van der Waals surface area contributed by atoms with Gasteiger partial charge >= 0.3 is 0 Å². The topological polar surface area (TPSA) is 117 Å². The van der Waals surface area contributed by atoms with E-state index in [1.807, 2.05) is 84.5 Å². The Morgan fingerprint density at radius 2 is 1.72 bits per heavy atom. The van der Waals surface area contributed by atoms with Crippen LogP contribution in [-0.2, 0) is 36.6 Å². The predicted octanol–water partition coefficient (Wildman–Crippen LogP) is 7.13. The van der Waals surface area contributed by atoms with Crippen LogP contribution >= 0.6 is 0 Å². The molecule has 7 rings (SSSR count). The van der Waals surface area contributed by atoms with E-state index in [2.05, 4.69) is 27.3 Å². The highest BCUT2D eigenvalue weighted by Crippen LogP contribution is 2.36. The van der Waals surface area contributed by atoms with Crippen molar-refractivity contribution in [2.24, 2.45) is 7.05 Å². The number of nitriles is 1. The summed E-state index contributed by atoms with van der Waals surface area (Å²) in [5.41, 5.74) is 6.43. The number of nitrogens with zero attached hydrogens (tertiary/aromatic N) is 5. The third-order valence-electron chi connectivity index (χ3n) is 9.01. The van der Waals surface area contributed by atoms with E-state index in [-0.39, 0.29) is 17.2 Å². The fourth-order valence-corrected chi connectivity index (χ4v) is 7.96. The lowest BCUT2D eigenvalue weighted by Crippen LogP contribution is -2.45. The van der Waals surface area contributed by atoms with Gasteiger partial charge in [0.05, 0.1) is 30.6 Å². The van der Waals surface area contributed by atoms with Crippen LogP contribution in [0.2, 0.25) is 0 Å². The summed E-state index contributed by atoms with van der Waals surface area (Å²) >= 11 is 0. The van der Waals surface area contributed by atoms with Gasteiger partial charge in [0.2, 0.25) is 15.8 Å². The van der Waals surface area contributed by atoms with Gasteiger partial charge in [0.15, 0.2) is 0 Å². The molecule has 0 radical (unpaired) electrons. The average Bonchev–Trinajstić information content (AvgIpc) is 3.76. The maximum absolute atomic E-state index is 14.7. The first-order chi connectivity index (χ1) is 24.3. The van der Waals surface area contributed by atoms with Gasteiger partial charge in [-0.1, -0.05) is 30.3 Å². The van der Waals surface area contributed by atoms with Gasteiger partial charge in [-0.2, -0.15) is 9.57 Å². The van der Waals surface area contributed by atoms with Gasteiger partial charge in [-0.25, -0.2) is 13.4 Å². The molecule has 0 unspecified atom stereocenters. The van der Waals surface area contributed by atoms with Crippen molar-refractivity contribution in [2.45, 2.75) is 30.4 Å². The Labute approximate surface area is 291 Å². The number of imidazole rings is 1. The summed E-state index contributed by atoms with van der Waals surface area (Å²) in [4.78, 5) is 6.76. The maximum Gasteiger partial charge on any atom is 0.243 e. The van der Waals surface area contributed by atoms with Gasteiger partial charge in [0, 0.05) is 55.0 Å². The monoisotopic (exact) mass is 684 g/mol. The molecule has 0 bridgehead atoms. The van der Waals surface area contributed by atoms with Crippen LogP contribution in [0.15, 0.2) is 131 Å². The van der Waals surface area contributed by atoms with Crippen LogP contribution < -0.4 is 15.0 Å². The van der Waals surface area contributed by atoms with Crippen molar-refractivity contribution in [1.82, 2.24) is 13.9 Å². The third kappa shape index (κ3) is 6.85. The number of fused-ring (bicyclic) bond motifs is 1. The van der Waals surface area contributed by atoms with Crippen molar-refractivity contribution >= 4 is 27.1 Å². The number of para-hydroxylation sites is 1. The van der Waals surface area contributed by atoms with Crippen LogP contribution in [0.1, 0.15) is 22.6 Å². The molecule has 0 spiro atoms. The maximum atomic E-state index is 14.7. The van der Waals surface area contributed by atoms with Crippen molar-refractivity contribution in [3.8, 4) is 23.1 Å². The Hall–Kier alpha value is -5.83. The van der Waals surface area contributed by atoms with Gasteiger partial charge in [0.1, 0.15) is 17.6 Å². The van der Waals surface area contributed by atoms with E-state index < -0.39 is 16.1 Å². The molecule has 0 saturated heterocycles. The first-order valence-corrected chi connectivity index (χ1v) is 17.6. The first-order valence-electron chi connectivity index (χ1n) is 16.2. The number of methoxy groups -OCH3 is 1. The summed E-state index contributed by atoms with van der Waals surface area (Å²) in [5.74, 6) is 1.33. The van der Waals surface area contributed by atoms with E-state index >= 15 is 0 Å². The fraction of sp³-hybridized carbons (Fsp3) is 0.179. The van der Waals surface area contributed by atoms with Crippen molar-refractivity contribution < 1.29 is 17.6 Å². The number of rotatable bonds is 10. The standard InChI is InChI=1S/C39H36N6O4S/c1-43-27-41-23-34(43)26-44-25-33(20-28-8-11-32(12-9-28)42-31-6-4-3-5-7-31)45(50(46,47)37-16-13-35(48-2)14-17-37)24-30-21-29(10-18-38(30)44)39-19-15-36(22-40)49-39/h3-19,21,23,27,33,42H,20,24-26H2,1-2H3/t33-/m1/s1. The van der Waals surface area contributed by atoms with Crippen LogP contribution in [0.3, 0.4) is 0 Å². The van der Waals surface area contributed by atoms with Crippen LogP contribution in [-0.4, -0.2) is 42.0 Å². The zero-order valence-corrected chi connectivity index (χ0v) is 28.5. The first kappa shape index (κ1) is 32.7. The number of aryl methyl sites for hydroxylation is 1. The number of sulfonamides is 1. The lowest BCUT2D eigenvalue weighted by atomic mass is 10.0. The second-order valence-corrected chi connectivity index (χ2v) is 14.2. The highest BCUT2D eigenvalue weighted by atomic mass is 32.2. The molecule has 0 saturated carbocycles. The Bertz CT molecular complexity index is 2240. The molecule has 1 aliphatic rings. The largest absolute Gasteiger partial charge is 0.497 e. The summed E-state index contributed by atoms with van der Waals surface area (Å²) in [5, 5.41) is 12.8. The number of benzene rings is 4. The van der Waals surface area contributed by atoms with E-state index in [4.69, 9.17) is 9.15 Å². The molecule has 50 heavy (non-hydrogen) atoms. The quantitative estimate of drug-likeness (QED) is 0.162. The van der Waals surface area contributed by atoms with Crippen molar-refractivity contribution in [2.75, 3.05) is 23.9 Å². The highest BCUT2D eigenvalue weighted by molar-refractivity contribution is 7.89. The third-order valence-corrected chi connectivity index (χ3v) is 10.9. The van der Waals surface area contributed by atoms with Crippen LogP contribution in [0, 0.1) is 11.3 Å². The molecule has 10 nitrogen and oxygen atoms in total. The molecular formula is C39H36N6O4S. The average molecular weight is 685 g/mol. The SMILES string of the molecule is COc1ccc(S(=O)(=O)N2Cc3cc(-c4ccc(C#N)o4)ccc3N(Cc3cncn3C)C[C@H]2Cc2ccc(Nc3ccccc3)cc2)cc1. The van der Waals surface area contributed by atoms with Crippen molar-refractivity contribution in [1.29, 1.82) is 5.26 Å². The summed E-state index contributed by atoms with van der Waals surface area (Å²) in [6.45, 7) is 1.08. The molecule has 4 aromatic carbocycles. The number of nitrogens with one attached hydrogen (secondary N) is 1. The molecule has 0 fully saturated rings. The Kier molecular flexibility index (Phi) is 9.13. The van der Waals surface area contributed by atoms with Crippen LogP contribution in [0.25, 0.3) is 11.3 Å². The van der Waals surface area contributed by atoms with E-state index in [0.29, 0.717) is 31.0 Å². The molecule has 11 heteroatoms. The van der Waals surface area contributed by atoms with Crippen LogP contribution in [0.4, 0.5) is 17.1 Å². The molecule has 0 amide bonds. The Morgan fingerprint density at radius 3 is 2.40 bits per heavy atom.